The van der Waals surface area contributed by atoms with Gasteiger partial charge in [-0.05, 0) is 48.7 Å². The Kier molecular flexibility index (Phi) is 8.99. The Morgan fingerprint density at radius 3 is 2.27 bits per heavy atom. The van der Waals surface area contributed by atoms with E-state index in [1.54, 1.807) is 45.1 Å². The molecule has 2 aromatic rings. The van der Waals surface area contributed by atoms with Crippen molar-refractivity contribution in [3.8, 4) is 11.5 Å². The molecule has 0 heterocycles. The number of rotatable bonds is 10. The summed E-state index contributed by atoms with van der Waals surface area (Å²) in [5.41, 5.74) is 1.94. The van der Waals surface area contributed by atoms with Crippen LogP contribution in [0.5, 0.6) is 11.5 Å². The predicted octanol–water partition coefficient (Wildman–Crippen LogP) is 3.84. The van der Waals surface area contributed by atoms with Gasteiger partial charge in [-0.1, -0.05) is 36.7 Å². The van der Waals surface area contributed by atoms with E-state index in [0.29, 0.717) is 42.5 Å². The molecule has 0 radical (unpaired) electrons. The molecule has 0 spiro atoms. The van der Waals surface area contributed by atoms with Crippen molar-refractivity contribution >= 4 is 23.4 Å². The molecule has 2 rings (SSSR count). The monoisotopic (exact) mass is 432 g/mol. The van der Waals surface area contributed by atoms with E-state index in [1.165, 1.54) is 0 Å². The molecular weight excluding hydrogens is 404 g/mol. The Balaban J connectivity index is 1.97. The molecule has 0 aliphatic rings. The third-order valence-corrected chi connectivity index (χ3v) is 5.15. The van der Waals surface area contributed by atoms with Crippen LogP contribution >= 0.6 is 11.6 Å². The van der Waals surface area contributed by atoms with E-state index < -0.39 is 6.04 Å². The number of ether oxygens (including phenoxy) is 2. The lowest BCUT2D eigenvalue weighted by Crippen LogP contribution is -2.47. The summed E-state index contributed by atoms with van der Waals surface area (Å²) in [5.74, 6) is 1.05. The van der Waals surface area contributed by atoms with Gasteiger partial charge in [-0.15, -0.1) is 0 Å². The van der Waals surface area contributed by atoms with Crippen molar-refractivity contribution in [1.29, 1.82) is 0 Å². The summed E-state index contributed by atoms with van der Waals surface area (Å²) in [6.07, 6.45) is 0.967. The van der Waals surface area contributed by atoms with Crippen LogP contribution in [0.2, 0.25) is 5.02 Å². The minimum Gasteiger partial charge on any atom is -0.493 e. The number of carbonyl (C=O) groups excluding carboxylic acids is 2. The highest BCUT2D eigenvalue weighted by Crippen LogP contribution is 2.27. The van der Waals surface area contributed by atoms with Crippen LogP contribution in [-0.4, -0.2) is 43.5 Å². The van der Waals surface area contributed by atoms with Gasteiger partial charge in [0.15, 0.2) is 11.5 Å². The standard InChI is InChI=1S/C23H29ClN2O4/c1-5-22(27)26(15-18-6-9-19(24)10-7-18)16(2)23(28)25-13-12-17-8-11-20(29-3)21(14-17)30-4/h6-11,14,16H,5,12-13,15H2,1-4H3,(H,25,28)/t16-/m1/s1. The molecule has 162 valence electrons. The molecule has 1 N–H and O–H groups in total. The fraction of sp³-hybridized carbons (Fsp3) is 0.391. The molecule has 0 saturated carbocycles. The fourth-order valence-electron chi connectivity index (χ4n) is 3.09. The smallest absolute Gasteiger partial charge is 0.242 e. The maximum Gasteiger partial charge on any atom is 0.242 e. The SMILES string of the molecule is CCC(=O)N(Cc1ccc(Cl)cc1)[C@H](C)C(=O)NCCc1ccc(OC)c(OC)c1. The highest BCUT2D eigenvalue weighted by atomic mass is 35.5. The first-order valence-electron chi connectivity index (χ1n) is 9.92. The van der Waals surface area contributed by atoms with Crippen molar-refractivity contribution in [3.63, 3.8) is 0 Å². The van der Waals surface area contributed by atoms with E-state index in [9.17, 15) is 9.59 Å². The molecule has 0 aromatic heterocycles. The van der Waals surface area contributed by atoms with Gasteiger partial charge in [0.25, 0.3) is 0 Å². The van der Waals surface area contributed by atoms with Crippen molar-refractivity contribution in [1.82, 2.24) is 10.2 Å². The molecule has 0 aliphatic heterocycles. The number of nitrogens with zero attached hydrogens (tertiary/aromatic N) is 1. The first-order chi connectivity index (χ1) is 14.4. The number of methoxy groups -OCH3 is 2. The zero-order chi connectivity index (χ0) is 22.1. The van der Waals surface area contributed by atoms with Gasteiger partial charge in [-0.25, -0.2) is 0 Å². The summed E-state index contributed by atoms with van der Waals surface area (Å²) in [6.45, 7) is 4.34. The van der Waals surface area contributed by atoms with Crippen molar-refractivity contribution < 1.29 is 19.1 Å². The number of hydrogen-bond donors (Lipinski definition) is 1. The summed E-state index contributed by atoms with van der Waals surface area (Å²) in [6, 6.07) is 12.4. The first kappa shape index (κ1) is 23.5. The molecule has 7 heteroatoms. The highest BCUT2D eigenvalue weighted by Gasteiger charge is 2.24. The Morgan fingerprint density at radius 1 is 1.03 bits per heavy atom. The number of halogens is 1. The normalized spacial score (nSPS) is 11.5. The minimum absolute atomic E-state index is 0.0764. The maximum absolute atomic E-state index is 12.7. The molecule has 2 amide bonds. The van der Waals surface area contributed by atoms with Crippen LogP contribution in [0.15, 0.2) is 42.5 Å². The number of hydrogen-bond acceptors (Lipinski definition) is 4. The van der Waals surface area contributed by atoms with Gasteiger partial charge in [0.2, 0.25) is 11.8 Å². The second-order valence-corrected chi connectivity index (χ2v) is 7.34. The van der Waals surface area contributed by atoms with Gasteiger partial charge in [0.05, 0.1) is 14.2 Å². The largest absolute Gasteiger partial charge is 0.493 e. The average molecular weight is 433 g/mol. The molecule has 30 heavy (non-hydrogen) atoms. The number of nitrogens with one attached hydrogen (secondary N) is 1. The second kappa shape index (κ2) is 11.5. The third kappa shape index (κ3) is 6.39. The van der Waals surface area contributed by atoms with Crippen molar-refractivity contribution in [3.05, 3.63) is 58.6 Å². The topological polar surface area (TPSA) is 67.9 Å². The number of carbonyl (C=O) groups is 2. The van der Waals surface area contributed by atoms with Crippen LogP contribution in [0.1, 0.15) is 31.4 Å². The summed E-state index contributed by atoms with van der Waals surface area (Å²) < 4.78 is 10.6. The van der Waals surface area contributed by atoms with E-state index >= 15 is 0 Å². The zero-order valence-corrected chi connectivity index (χ0v) is 18.7. The molecule has 0 saturated heterocycles. The fourth-order valence-corrected chi connectivity index (χ4v) is 3.21. The van der Waals surface area contributed by atoms with Crippen LogP contribution in [0.3, 0.4) is 0 Å². The van der Waals surface area contributed by atoms with Crippen LogP contribution in [0.4, 0.5) is 0 Å². The molecule has 0 bridgehead atoms. The van der Waals surface area contributed by atoms with E-state index in [4.69, 9.17) is 21.1 Å². The molecule has 1 atom stereocenters. The van der Waals surface area contributed by atoms with Gasteiger partial charge >= 0.3 is 0 Å². The van der Waals surface area contributed by atoms with Gasteiger partial charge in [0, 0.05) is 24.5 Å². The molecule has 0 fully saturated rings. The second-order valence-electron chi connectivity index (χ2n) is 6.91. The van der Waals surface area contributed by atoms with Crippen LogP contribution in [-0.2, 0) is 22.6 Å². The summed E-state index contributed by atoms with van der Waals surface area (Å²) in [4.78, 5) is 26.7. The highest BCUT2D eigenvalue weighted by molar-refractivity contribution is 6.30. The van der Waals surface area contributed by atoms with Crippen LogP contribution in [0.25, 0.3) is 0 Å². The van der Waals surface area contributed by atoms with Crippen molar-refractivity contribution in [2.75, 3.05) is 20.8 Å². The van der Waals surface area contributed by atoms with E-state index in [1.807, 2.05) is 30.3 Å². The lowest BCUT2D eigenvalue weighted by Gasteiger charge is -2.28. The minimum atomic E-state index is -0.585. The lowest BCUT2D eigenvalue weighted by molar-refractivity contribution is -0.140. The van der Waals surface area contributed by atoms with E-state index in [2.05, 4.69) is 5.32 Å². The molecule has 0 unspecified atom stereocenters. The Hall–Kier alpha value is -2.73. The summed E-state index contributed by atoms with van der Waals surface area (Å²) in [5, 5.41) is 3.56. The molecule has 2 aromatic carbocycles. The Bertz CT molecular complexity index is 855. The number of benzene rings is 2. The van der Waals surface area contributed by atoms with Gasteiger partial charge < -0.3 is 19.7 Å². The van der Waals surface area contributed by atoms with Crippen LogP contribution < -0.4 is 14.8 Å². The van der Waals surface area contributed by atoms with Gasteiger partial charge in [-0.2, -0.15) is 0 Å². The first-order valence-corrected chi connectivity index (χ1v) is 10.3. The van der Waals surface area contributed by atoms with Gasteiger partial charge in [0.1, 0.15) is 6.04 Å². The van der Waals surface area contributed by atoms with E-state index in [0.717, 1.165) is 11.1 Å². The lowest BCUT2D eigenvalue weighted by atomic mass is 10.1. The van der Waals surface area contributed by atoms with Gasteiger partial charge in [-0.3, -0.25) is 9.59 Å². The molecule has 6 nitrogen and oxygen atoms in total. The summed E-state index contributed by atoms with van der Waals surface area (Å²) in [7, 11) is 3.18. The van der Waals surface area contributed by atoms with Crippen molar-refractivity contribution in [2.24, 2.45) is 0 Å². The average Bonchev–Trinajstić information content (AvgIpc) is 2.77. The zero-order valence-electron chi connectivity index (χ0n) is 17.9. The van der Waals surface area contributed by atoms with E-state index in [-0.39, 0.29) is 11.8 Å². The molecule has 0 aliphatic carbocycles. The van der Waals surface area contributed by atoms with Crippen molar-refractivity contribution in [2.45, 2.75) is 39.3 Å². The third-order valence-electron chi connectivity index (χ3n) is 4.90. The maximum atomic E-state index is 12.7. The summed E-state index contributed by atoms with van der Waals surface area (Å²) >= 11 is 5.94. The number of amides is 2. The predicted molar refractivity (Wildman–Crippen MR) is 118 cm³/mol. The quantitative estimate of drug-likeness (QED) is 0.619. The van der Waals surface area contributed by atoms with Crippen LogP contribution in [0, 0.1) is 0 Å². The molecular formula is C23H29ClN2O4. The Morgan fingerprint density at radius 2 is 1.67 bits per heavy atom. The Labute approximate surface area is 183 Å².